The van der Waals surface area contributed by atoms with Gasteiger partial charge in [0.2, 0.25) is 0 Å². The SMILES string of the molecule is CC(=O)c1ccc(N[C@@H](C)c2cc3ccccc3o2)c([N+](=O)[O-])c1. The number of hydrogen-bond acceptors (Lipinski definition) is 5. The molecule has 6 nitrogen and oxygen atoms in total. The number of nitro groups is 1. The smallest absolute Gasteiger partial charge is 0.293 e. The summed E-state index contributed by atoms with van der Waals surface area (Å²) in [5.41, 5.74) is 1.29. The minimum absolute atomic E-state index is 0.134. The molecule has 0 amide bonds. The topological polar surface area (TPSA) is 85.4 Å². The van der Waals surface area contributed by atoms with Crippen LogP contribution in [0.5, 0.6) is 0 Å². The van der Waals surface area contributed by atoms with E-state index in [2.05, 4.69) is 5.32 Å². The van der Waals surface area contributed by atoms with E-state index in [1.807, 2.05) is 37.3 Å². The Morgan fingerprint density at radius 2 is 1.96 bits per heavy atom. The first-order chi connectivity index (χ1) is 11.5. The van der Waals surface area contributed by atoms with Crippen molar-refractivity contribution in [3.63, 3.8) is 0 Å². The third-order valence-electron chi connectivity index (χ3n) is 3.84. The third-order valence-corrected chi connectivity index (χ3v) is 3.84. The monoisotopic (exact) mass is 324 g/mol. The summed E-state index contributed by atoms with van der Waals surface area (Å²) in [5, 5.41) is 15.3. The molecule has 1 N–H and O–H groups in total. The number of anilines is 1. The Morgan fingerprint density at radius 3 is 2.62 bits per heavy atom. The molecule has 0 aliphatic heterocycles. The van der Waals surface area contributed by atoms with Gasteiger partial charge in [-0.25, -0.2) is 0 Å². The van der Waals surface area contributed by atoms with Gasteiger partial charge in [0.05, 0.1) is 11.0 Å². The van der Waals surface area contributed by atoms with Crippen LogP contribution in [0.3, 0.4) is 0 Å². The van der Waals surface area contributed by atoms with Crippen LogP contribution in [-0.2, 0) is 0 Å². The summed E-state index contributed by atoms with van der Waals surface area (Å²) >= 11 is 0. The summed E-state index contributed by atoms with van der Waals surface area (Å²) in [5.74, 6) is 0.469. The predicted octanol–water partition coefficient (Wildman–Crippen LogP) is 4.72. The van der Waals surface area contributed by atoms with E-state index in [0.29, 0.717) is 17.0 Å². The van der Waals surface area contributed by atoms with Crippen LogP contribution in [0.4, 0.5) is 11.4 Å². The quantitative estimate of drug-likeness (QED) is 0.417. The van der Waals surface area contributed by atoms with Gasteiger partial charge in [-0.3, -0.25) is 14.9 Å². The van der Waals surface area contributed by atoms with Crippen molar-refractivity contribution >= 4 is 28.1 Å². The highest BCUT2D eigenvalue weighted by atomic mass is 16.6. The summed E-state index contributed by atoms with van der Waals surface area (Å²) in [6.45, 7) is 3.24. The van der Waals surface area contributed by atoms with E-state index in [9.17, 15) is 14.9 Å². The minimum atomic E-state index is -0.500. The van der Waals surface area contributed by atoms with Crippen LogP contribution in [0.15, 0.2) is 52.9 Å². The maximum Gasteiger partial charge on any atom is 0.293 e. The fraction of sp³-hybridized carbons (Fsp3) is 0.167. The molecule has 122 valence electrons. The Labute approximate surface area is 138 Å². The second-order valence-electron chi connectivity index (χ2n) is 5.60. The molecular formula is C18H16N2O4. The molecule has 3 rings (SSSR count). The number of carbonyl (C=O) groups excluding carboxylic acids is 1. The number of para-hydroxylation sites is 1. The third kappa shape index (κ3) is 2.99. The maximum absolute atomic E-state index is 11.4. The second kappa shape index (κ2) is 6.16. The highest BCUT2D eigenvalue weighted by Crippen LogP contribution is 2.31. The molecule has 1 aromatic heterocycles. The number of carbonyl (C=O) groups is 1. The molecule has 6 heteroatoms. The first kappa shape index (κ1) is 15.7. The van der Waals surface area contributed by atoms with Crippen LogP contribution in [0.1, 0.15) is 36.0 Å². The first-order valence-corrected chi connectivity index (χ1v) is 7.50. The number of rotatable bonds is 5. The van der Waals surface area contributed by atoms with Gasteiger partial charge >= 0.3 is 0 Å². The predicted molar refractivity (Wildman–Crippen MR) is 91.4 cm³/mol. The number of ketones is 1. The molecule has 24 heavy (non-hydrogen) atoms. The van der Waals surface area contributed by atoms with Gasteiger partial charge in [-0.05, 0) is 38.1 Å². The van der Waals surface area contributed by atoms with Crippen LogP contribution in [0, 0.1) is 10.1 Å². The highest BCUT2D eigenvalue weighted by molar-refractivity contribution is 5.95. The molecule has 0 saturated heterocycles. The Kier molecular flexibility index (Phi) is 4.04. The number of hydrogen-bond donors (Lipinski definition) is 1. The number of fused-ring (bicyclic) bond motifs is 1. The van der Waals surface area contributed by atoms with Crippen LogP contribution in [0.2, 0.25) is 0 Å². The van der Waals surface area contributed by atoms with Crippen molar-refractivity contribution in [1.82, 2.24) is 0 Å². The number of furan rings is 1. The largest absolute Gasteiger partial charge is 0.459 e. The van der Waals surface area contributed by atoms with E-state index in [4.69, 9.17) is 4.42 Å². The van der Waals surface area contributed by atoms with Crippen molar-refractivity contribution in [1.29, 1.82) is 0 Å². The zero-order chi connectivity index (χ0) is 17.3. The molecule has 0 spiro atoms. The zero-order valence-corrected chi connectivity index (χ0v) is 13.3. The van der Waals surface area contributed by atoms with Crippen molar-refractivity contribution in [2.75, 3.05) is 5.32 Å². The summed E-state index contributed by atoms with van der Waals surface area (Å²) in [7, 11) is 0. The van der Waals surface area contributed by atoms with Crippen molar-refractivity contribution in [2.24, 2.45) is 0 Å². The van der Waals surface area contributed by atoms with E-state index >= 15 is 0 Å². The minimum Gasteiger partial charge on any atom is -0.459 e. The first-order valence-electron chi connectivity index (χ1n) is 7.50. The fourth-order valence-electron chi connectivity index (χ4n) is 2.54. The molecule has 0 unspecified atom stereocenters. The molecule has 0 aliphatic rings. The van der Waals surface area contributed by atoms with E-state index < -0.39 is 4.92 Å². The van der Waals surface area contributed by atoms with Crippen LogP contribution >= 0.6 is 0 Å². The average Bonchev–Trinajstić information content (AvgIpc) is 2.99. The standard InChI is InChI=1S/C18H16N2O4/c1-11(18-10-14-5-3-4-6-17(14)24-18)19-15-8-7-13(12(2)21)9-16(15)20(22)23/h3-11,19H,1-2H3/t11-/m0/s1. The van der Waals surface area contributed by atoms with Gasteiger partial charge in [-0.1, -0.05) is 18.2 Å². The number of Topliss-reactive ketones (excluding diaryl/α,β-unsaturated/α-hetero) is 1. The molecule has 0 bridgehead atoms. The Balaban J connectivity index is 1.92. The normalized spacial score (nSPS) is 12.1. The molecule has 0 fully saturated rings. The second-order valence-corrected chi connectivity index (χ2v) is 5.60. The molecule has 2 aromatic carbocycles. The Morgan fingerprint density at radius 1 is 1.21 bits per heavy atom. The van der Waals surface area contributed by atoms with Crippen molar-refractivity contribution in [2.45, 2.75) is 19.9 Å². The Bertz CT molecular complexity index is 897. The van der Waals surface area contributed by atoms with Crippen LogP contribution in [-0.4, -0.2) is 10.7 Å². The molecule has 1 heterocycles. The van der Waals surface area contributed by atoms with Crippen LogP contribution in [0.25, 0.3) is 11.0 Å². The van der Waals surface area contributed by atoms with Gasteiger partial charge in [0, 0.05) is 17.0 Å². The lowest BCUT2D eigenvalue weighted by Gasteiger charge is -2.13. The van der Waals surface area contributed by atoms with E-state index in [0.717, 1.165) is 11.0 Å². The van der Waals surface area contributed by atoms with Gasteiger partial charge in [0.15, 0.2) is 5.78 Å². The van der Waals surface area contributed by atoms with Crippen molar-refractivity contribution < 1.29 is 14.1 Å². The summed E-state index contributed by atoms with van der Waals surface area (Å²) in [6, 6.07) is 13.7. The molecule has 3 aromatic rings. The number of benzene rings is 2. The Hall–Kier alpha value is -3.15. The summed E-state index contributed by atoms with van der Waals surface area (Å²) < 4.78 is 5.78. The van der Waals surface area contributed by atoms with Gasteiger partial charge in [0.25, 0.3) is 5.69 Å². The highest BCUT2D eigenvalue weighted by Gasteiger charge is 2.19. The zero-order valence-electron chi connectivity index (χ0n) is 13.3. The lowest BCUT2D eigenvalue weighted by Crippen LogP contribution is -2.08. The number of nitrogens with zero attached hydrogens (tertiary/aromatic N) is 1. The summed E-state index contributed by atoms with van der Waals surface area (Å²) in [4.78, 5) is 22.2. The van der Waals surface area contributed by atoms with Gasteiger partial charge < -0.3 is 9.73 Å². The van der Waals surface area contributed by atoms with E-state index in [1.54, 1.807) is 12.1 Å². The average molecular weight is 324 g/mol. The van der Waals surface area contributed by atoms with Crippen LogP contribution < -0.4 is 5.32 Å². The molecule has 0 radical (unpaired) electrons. The van der Waals surface area contributed by atoms with Gasteiger partial charge in [-0.2, -0.15) is 0 Å². The fourth-order valence-corrected chi connectivity index (χ4v) is 2.54. The lowest BCUT2D eigenvalue weighted by atomic mass is 10.1. The maximum atomic E-state index is 11.4. The van der Waals surface area contributed by atoms with Crippen molar-refractivity contribution in [3.8, 4) is 0 Å². The summed E-state index contributed by atoms with van der Waals surface area (Å²) in [6.07, 6.45) is 0. The molecule has 0 saturated carbocycles. The van der Waals surface area contributed by atoms with Gasteiger partial charge in [0.1, 0.15) is 17.0 Å². The molecular weight excluding hydrogens is 308 g/mol. The number of nitro benzene ring substituents is 1. The lowest BCUT2D eigenvalue weighted by molar-refractivity contribution is -0.384. The van der Waals surface area contributed by atoms with E-state index in [1.165, 1.54) is 13.0 Å². The van der Waals surface area contributed by atoms with E-state index in [-0.39, 0.29) is 17.5 Å². The molecule has 0 aliphatic carbocycles. The van der Waals surface area contributed by atoms with Crippen molar-refractivity contribution in [3.05, 3.63) is 70.0 Å². The van der Waals surface area contributed by atoms with Gasteiger partial charge in [-0.15, -0.1) is 0 Å². The molecule has 1 atom stereocenters. The number of nitrogens with one attached hydrogen (secondary N) is 1.